The molecule has 2 aromatic heterocycles. The predicted molar refractivity (Wildman–Crippen MR) is 81.5 cm³/mol. The van der Waals surface area contributed by atoms with Crippen LogP contribution < -0.4 is 5.56 Å². The van der Waals surface area contributed by atoms with Gasteiger partial charge >= 0.3 is 0 Å². The highest BCUT2D eigenvalue weighted by atomic mass is 16.3. The van der Waals surface area contributed by atoms with E-state index in [0.29, 0.717) is 11.4 Å². The van der Waals surface area contributed by atoms with Gasteiger partial charge in [-0.3, -0.25) is 9.48 Å². The summed E-state index contributed by atoms with van der Waals surface area (Å²) in [6.07, 6.45) is 1.80. The lowest BCUT2D eigenvalue weighted by atomic mass is 9.89. The van der Waals surface area contributed by atoms with Gasteiger partial charge < -0.3 is 10.1 Å². The Balaban J connectivity index is 2.67. The van der Waals surface area contributed by atoms with E-state index >= 15 is 0 Å². The molecule has 0 radical (unpaired) electrons. The Kier molecular flexibility index (Phi) is 3.65. The monoisotopic (exact) mass is 290 g/mol. The van der Waals surface area contributed by atoms with Gasteiger partial charge in [0.1, 0.15) is 5.82 Å². The zero-order chi connectivity index (χ0) is 15.9. The van der Waals surface area contributed by atoms with E-state index in [-0.39, 0.29) is 22.8 Å². The first-order valence-electron chi connectivity index (χ1n) is 6.99. The van der Waals surface area contributed by atoms with Crippen LogP contribution in [0.15, 0.2) is 11.0 Å². The van der Waals surface area contributed by atoms with Crippen LogP contribution in [0.2, 0.25) is 0 Å². The summed E-state index contributed by atoms with van der Waals surface area (Å²) in [4.78, 5) is 19.1. The molecule has 0 aliphatic carbocycles. The molecule has 0 aromatic carbocycles. The largest absolute Gasteiger partial charge is 0.493 e. The molecule has 0 saturated carbocycles. The van der Waals surface area contributed by atoms with Gasteiger partial charge in [-0.15, -0.1) is 0 Å². The standard InChI is InChI=1S/C15H22N4O2/c1-8(2)10-13(20)16-12(17-14(10)21)9-7-19(6)18-11(9)15(3,4)5/h7-8H,1-6H3,(H2,16,17,20,21). The van der Waals surface area contributed by atoms with E-state index in [1.54, 1.807) is 10.9 Å². The van der Waals surface area contributed by atoms with Gasteiger partial charge in [-0.1, -0.05) is 34.6 Å². The normalized spacial score (nSPS) is 12.1. The first-order valence-corrected chi connectivity index (χ1v) is 6.99. The lowest BCUT2D eigenvalue weighted by Gasteiger charge is -2.17. The van der Waals surface area contributed by atoms with Crippen molar-refractivity contribution in [2.75, 3.05) is 0 Å². The molecule has 0 bridgehead atoms. The van der Waals surface area contributed by atoms with E-state index < -0.39 is 0 Å². The quantitative estimate of drug-likeness (QED) is 0.889. The molecule has 2 rings (SSSR count). The Morgan fingerprint density at radius 1 is 1.33 bits per heavy atom. The van der Waals surface area contributed by atoms with Gasteiger partial charge in [0.2, 0.25) is 5.88 Å². The third-order valence-corrected chi connectivity index (χ3v) is 3.31. The van der Waals surface area contributed by atoms with Crippen molar-refractivity contribution in [2.24, 2.45) is 7.05 Å². The van der Waals surface area contributed by atoms with Gasteiger partial charge in [0.25, 0.3) is 5.56 Å². The van der Waals surface area contributed by atoms with Crippen molar-refractivity contribution in [3.05, 3.63) is 27.8 Å². The van der Waals surface area contributed by atoms with Gasteiger partial charge in [-0.2, -0.15) is 10.1 Å². The van der Waals surface area contributed by atoms with Crippen molar-refractivity contribution in [1.82, 2.24) is 19.7 Å². The van der Waals surface area contributed by atoms with Gasteiger partial charge in [0.15, 0.2) is 0 Å². The summed E-state index contributed by atoms with van der Waals surface area (Å²) >= 11 is 0. The average molecular weight is 290 g/mol. The second kappa shape index (κ2) is 5.02. The Hall–Kier alpha value is -2.11. The number of aryl methyl sites for hydroxylation is 1. The van der Waals surface area contributed by atoms with Crippen LogP contribution in [0.3, 0.4) is 0 Å². The summed E-state index contributed by atoms with van der Waals surface area (Å²) in [5, 5.41) is 14.5. The fourth-order valence-corrected chi connectivity index (χ4v) is 2.33. The van der Waals surface area contributed by atoms with E-state index in [1.807, 2.05) is 41.7 Å². The molecule has 6 heteroatoms. The minimum atomic E-state index is -0.309. The lowest BCUT2D eigenvalue weighted by Crippen LogP contribution is -2.18. The van der Waals surface area contributed by atoms with Crippen molar-refractivity contribution in [3.8, 4) is 17.3 Å². The van der Waals surface area contributed by atoms with Crippen LogP contribution in [0.5, 0.6) is 5.88 Å². The van der Waals surface area contributed by atoms with Crippen LogP contribution in [0.25, 0.3) is 11.4 Å². The predicted octanol–water partition coefficient (Wildman–Crippen LogP) is 2.30. The molecule has 0 spiro atoms. The van der Waals surface area contributed by atoms with E-state index in [2.05, 4.69) is 15.1 Å². The lowest BCUT2D eigenvalue weighted by molar-refractivity contribution is 0.440. The molecule has 0 unspecified atom stereocenters. The Morgan fingerprint density at radius 3 is 2.43 bits per heavy atom. The molecule has 0 fully saturated rings. The third kappa shape index (κ3) is 2.84. The fraction of sp³-hybridized carbons (Fsp3) is 0.533. The minimum absolute atomic E-state index is 0.0914. The Labute approximate surface area is 123 Å². The van der Waals surface area contributed by atoms with Gasteiger partial charge in [-0.25, -0.2) is 0 Å². The maximum atomic E-state index is 12.2. The highest BCUT2D eigenvalue weighted by molar-refractivity contribution is 5.59. The first kappa shape index (κ1) is 15.3. The van der Waals surface area contributed by atoms with Crippen molar-refractivity contribution in [2.45, 2.75) is 46.0 Å². The summed E-state index contributed by atoms with van der Waals surface area (Å²) in [6.45, 7) is 9.81. The average Bonchev–Trinajstić information content (AvgIpc) is 2.69. The zero-order valence-electron chi connectivity index (χ0n) is 13.4. The number of aromatic hydroxyl groups is 1. The topological polar surface area (TPSA) is 83.8 Å². The number of nitrogens with zero attached hydrogens (tertiary/aromatic N) is 3. The summed E-state index contributed by atoms with van der Waals surface area (Å²) in [7, 11) is 1.82. The van der Waals surface area contributed by atoms with E-state index in [9.17, 15) is 9.90 Å². The van der Waals surface area contributed by atoms with Crippen molar-refractivity contribution in [1.29, 1.82) is 0 Å². The number of aromatic amines is 1. The second-order valence-corrected chi connectivity index (χ2v) is 6.62. The molecule has 0 aliphatic heterocycles. The van der Waals surface area contributed by atoms with Crippen LogP contribution in [-0.2, 0) is 12.5 Å². The molecule has 0 aliphatic rings. The SMILES string of the molecule is CC(C)c1c(O)nc(-c2cn(C)nc2C(C)(C)C)[nH]c1=O. The number of rotatable bonds is 2. The molecule has 0 atom stereocenters. The minimum Gasteiger partial charge on any atom is -0.493 e. The van der Waals surface area contributed by atoms with Crippen LogP contribution in [0, 0.1) is 0 Å². The molecular weight excluding hydrogens is 268 g/mol. The van der Waals surface area contributed by atoms with E-state index in [0.717, 1.165) is 11.3 Å². The number of hydrogen-bond acceptors (Lipinski definition) is 4. The highest BCUT2D eigenvalue weighted by Crippen LogP contribution is 2.31. The number of aromatic nitrogens is 4. The first-order chi connectivity index (χ1) is 9.61. The molecule has 21 heavy (non-hydrogen) atoms. The van der Waals surface area contributed by atoms with Crippen LogP contribution in [0.4, 0.5) is 0 Å². The molecule has 6 nitrogen and oxygen atoms in total. The van der Waals surface area contributed by atoms with Crippen LogP contribution in [-0.4, -0.2) is 24.9 Å². The van der Waals surface area contributed by atoms with Crippen LogP contribution >= 0.6 is 0 Å². The highest BCUT2D eigenvalue weighted by Gasteiger charge is 2.25. The van der Waals surface area contributed by atoms with E-state index in [1.165, 1.54) is 0 Å². The smallest absolute Gasteiger partial charge is 0.258 e. The molecule has 2 aromatic rings. The molecule has 2 N–H and O–H groups in total. The maximum Gasteiger partial charge on any atom is 0.258 e. The van der Waals surface area contributed by atoms with Crippen molar-refractivity contribution >= 4 is 0 Å². The van der Waals surface area contributed by atoms with Gasteiger partial charge in [-0.05, 0) is 5.92 Å². The fourth-order valence-electron chi connectivity index (χ4n) is 2.33. The summed E-state index contributed by atoms with van der Waals surface area (Å²) in [6, 6.07) is 0. The molecular formula is C15H22N4O2. The Bertz CT molecular complexity index is 720. The van der Waals surface area contributed by atoms with Gasteiger partial charge in [0.05, 0.1) is 16.8 Å². The Morgan fingerprint density at radius 2 is 1.95 bits per heavy atom. The number of nitrogens with one attached hydrogen (secondary N) is 1. The molecule has 2 heterocycles. The summed E-state index contributed by atoms with van der Waals surface area (Å²) in [5.74, 6) is 0.0404. The molecule has 0 amide bonds. The second-order valence-electron chi connectivity index (χ2n) is 6.62. The summed E-state index contributed by atoms with van der Waals surface area (Å²) in [5.41, 5.74) is 1.36. The number of H-pyrrole nitrogens is 1. The van der Waals surface area contributed by atoms with E-state index in [4.69, 9.17) is 0 Å². The molecule has 0 saturated heterocycles. The maximum absolute atomic E-state index is 12.2. The third-order valence-electron chi connectivity index (χ3n) is 3.31. The van der Waals surface area contributed by atoms with Crippen LogP contribution in [0.1, 0.15) is 51.8 Å². The summed E-state index contributed by atoms with van der Waals surface area (Å²) < 4.78 is 1.68. The van der Waals surface area contributed by atoms with Crippen molar-refractivity contribution < 1.29 is 5.11 Å². The van der Waals surface area contributed by atoms with Gasteiger partial charge in [0, 0.05) is 18.7 Å². The zero-order valence-corrected chi connectivity index (χ0v) is 13.4. The molecule has 114 valence electrons. The number of hydrogen-bond donors (Lipinski definition) is 2. The van der Waals surface area contributed by atoms with Crippen molar-refractivity contribution in [3.63, 3.8) is 0 Å².